The Hall–Kier alpha value is -1.26. The van der Waals surface area contributed by atoms with Gasteiger partial charge in [0.25, 0.3) is 0 Å². The minimum Gasteiger partial charge on any atom is -0.504 e. The number of rotatable bonds is 3. The molecule has 4 nitrogen and oxygen atoms in total. The summed E-state index contributed by atoms with van der Waals surface area (Å²) in [5.41, 5.74) is 3.43. The molecule has 0 spiro atoms. The van der Waals surface area contributed by atoms with Gasteiger partial charge in [0.2, 0.25) is 0 Å². The molecule has 1 aromatic carbocycles. The molecule has 0 unspecified atom stereocenters. The maximum Gasteiger partial charge on any atom is 0.163 e. The van der Waals surface area contributed by atoms with Gasteiger partial charge in [0, 0.05) is 32.7 Å². The number of nitrogens with one attached hydrogen (secondary N) is 1. The molecule has 0 bridgehead atoms. The van der Waals surface area contributed by atoms with E-state index in [4.69, 9.17) is 4.74 Å². The Balaban J connectivity index is 2.22. The molecule has 1 saturated heterocycles. The summed E-state index contributed by atoms with van der Waals surface area (Å²) in [7, 11) is 1.59. The van der Waals surface area contributed by atoms with E-state index in [9.17, 15) is 5.11 Å². The van der Waals surface area contributed by atoms with Crippen molar-refractivity contribution in [1.29, 1.82) is 0 Å². The van der Waals surface area contributed by atoms with Crippen molar-refractivity contribution in [3.8, 4) is 11.5 Å². The van der Waals surface area contributed by atoms with Crippen LogP contribution >= 0.6 is 0 Å². The lowest BCUT2D eigenvalue weighted by atomic mass is 10.0. The maximum absolute atomic E-state index is 9.97. The summed E-state index contributed by atoms with van der Waals surface area (Å²) >= 11 is 0. The Labute approximate surface area is 109 Å². The van der Waals surface area contributed by atoms with Gasteiger partial charge in [-0.15, -0.1) is 0 Å². The number of aromatic hydroxyl groups is 1. The fourth-order valence-electron chi connectivity index (χ4n) is 2.47. The van der Waals surface area contributed by atoms with E-state index in [1.807, 2.05) is 13.0 Å². The van der Waals surface area contributed by atoms with Crippen LogP contribution in [0, 0.1) is 13.8 Å². The highest BCUT2D eigenvalue weighted by Crippen LogP contribution is 2.34. The average Bonchev–Trinajstić information content (AvgIpc) is 2.37. The Morgan fingerprint density at radius 2 is 1.94 bits per heavy atom. The van der Waals surface area contributed by atoms with E-state index < -0.39 is 0 Å². The third kappa shape index (κ3) is 2.60. The van der Waals surface area contributed by atoms with Gasteiger partial charge in [-0.25, -0.2) is 0 Å². The molecule has 0 amide bonds. The SMILES string of the molecule is COc1c(O)cc(CN2CCNCC2)c(C)c1C. The van der Waals surface area contributed by atoms with E-state index >= 15 is 0 Å². The molecule has 0 radical (unpaired) electrons. The van der Waals surface area contributed by atoms with E-state index in [0.29, 0.717) is 5.75 Å². The number of ether oxygens (including phenoxy) is 1. The summed E-state index contributed by atoms with van der Waals surface area (Å²) in [4.78, 5) is 2.41. The lowest BCUT2D eigenvalue weighted by Gasteiger charge is -2.28. The summed E-state index contributed by atoms with van der Waals surface area (Å²) in [6, 6.07) is 1.84. The number of phenolic OH excluding ortho intramolecular Hbond substituents is 1. The van der Waals surface area contributed by atoms with Gasteiger partial charge in [0.1, 0.15) is 0 Å². The summed E-state index contributed by atoms with van der Waals surface area (Å²) in [6.45, 7) is 9.19. The van der Waals surface area contributed by atoms with Crippen molar-refractivity contribution in [3.63, 3.8) is 0 Å². The zero-order chi connectivity index (χ0) is 13.1. The van der Waals surface area contributed by atoms with Crippen molar-refractivity contribution in [2.75, 3.05) is 33.3 Å². The summed E-state index contributed by atoms with van der Waals surface area (Å²) < 4.78 is 5.23. The molecular weight excluding hydrogens is 228 g/mol. The second-order valence-corrected chi connectivity index (χ2v) is 4.86. The lowest BCUT2D eigenvalue weighted by molar-refractivity contribution is 0.232. The number of hydrogen-bond donors (Lipinski definition) is 2. The van der Waals surface area contributed by atoms with E-state index in [1.54, 1.807) is 7.11 Å². The molecule has 2 N–H and O–H groups in total. The number of benzene rings is 1. The monoisotopic (exact) mass is 250 g/mol. The largest absolute Gasteiger partial charge is 0.504 e. The zero-order valence-corrected chi connectivity index (χ0v) is 11.4. The van der Waals surface area contributed by atoms with Crippen molar-refractivity contribution >= 4 is 0 Å². The molecule has 1 aromatic rings. The van der Waals surface area contributed by atoms with Crippen LogP contribution in [0.15, 0.2) is 6.07 Å². The van der Waals surface area contributed by atoms with Crippen molar-refractivity contribution in [2.24, 2.45) is 0 Å². The molecule has 1 fully saturated rings. The second-order valence-electron chi connectivity index (χ2n) is 4.86. The Bertz CT molecular complexity index is 426. The average molecular weight is 250 g/mol. The molecule has 4 heteroatoms. The molecule has 0 aliphatic carbocycles. The predicted molar refractivity (Wildman–Crippen MR) is 72.3 cm³/mol. The van der Waals surface area contributed by atoms with E-state index in [1.165, 1.54) is 11.1 Å². The number of hydrogen-bond acceptors (Lipinski definition) is 4. The summed E-state index contributed by atoms with van der Waals surface area (Å²) in [6.07, 6.45) is 0. The van der Waals surface area contributed by atoms with Crippen molar-refractivity contribution < 1.29 is 9.84 Å². The molecule has 1 aliphatic rings. The normalized spacial score (nSPS) is 16.8. The van der Waals surface area contributed by atoms with Crippen LogP contribution in [0.5, 0.6) is 11.5 Å². The summed E-state index contributed by atoms with van der Waals surface area (Å²) in [5.74, 6) is 0.835. The fourth-order valence-corrected chi connectivity index (χ4v) is 2.47. The highest BCUT2D eigenvalue weighted by atomic mass is 16.5. The van der Waals surface area contributed by atoms with Crippen molar-refractivity contribution in [1.82, 2.24) is 10.2 Å². The zero-order valence-electron chi connectivity index (χ0n) is 11.4. The van der Waals surface area contributed by atoms with Crippen molar-refractivity contribution in [3.05, 3.63) is 22.8 Å². The van der Waals surface area contributed by atoms with Crippen LogP contribution in [0.2, 0.25) is 0 Å². The molecule has 0 aromatic heterocycles. The Morgan fingerprint density at radius 1 is 1.28 bits per heavy atom. The van der Waals surface area contributed by atoms with Crippen LogP contribution in [-0.2, 0) is 6.54 Å². The first kappa shape index (κ1) is 13.2. The van der Waals surface area contributed by atoms with Gasteiger partial charge in [-0.1, -0.05) is 0 Å². The molecule has 0 saturated carbocycles. The molecule has 18 heavy (non-hydrogen) atoms. The molecule has 0 atom stereocenters. The van der Waals surface area contributed by atoms with Gasteiger partial charge in [0.05, 0.1) is 7.11 Å². The third-order valence-corrected chi connectivity index (χ3v) is 3.74. The third-order valence-electron chi connectivity index (χ3n) is 3.74. The Kier molecular flexibility index (Phi) is 4.09. The number of nitrogens with zero attached hydrogens (tertiary/aromatic N) is 1. The van der Waals surface area contributed by atoms with E-state index in [-0.39, 0.29) is 5.75 Å². The first-order valence-corrected chi connectivity index (χ1v) is 6.42. The standard InChI is InChI=1S/C14H22N2O2/c1-10-11(2)14(18-3)13(17)8-12(10)9-16-6-4-15-5-7-16/h8,15,17H,4-7,9H2,1-3H3. The highest BCUT2D eigenvalue weighted by molar-refractivity contribution is 5.52. The quantitative estimate of drug-likeness (QED) is 0.851. The molecule has 1 aliphatic heterocycles. The fraction of sp³-hybridized carbons (Fsp3) is 0.571. The number of phenols is 1. The molecule has 1 heterocycles. The van der Waals surface area contributed by atoms with Gasteiger partial charge < -0.3 is 15.2 Å². The van der Waals surface area contributed by atoms with Crippen LogP contribution in [0.1, 0.15) is 16.7 Å². The van der Waals surface area contributed by atoms with Crippen molar-refractivity contribution in [2.45, 2.75) is 20.4 Å². The molecular formula is C14H22N2O2. The number of methoxy groups -OCH3 is 1. The van der Waals surface area contributed by atoms with Gasteiger partial charge in [0.15, 0.2) is 11.5 Å². The van der Waals surface area contributed by atoms with E-state index in [2.05, 4.69) is 17.1 Å². The van der Waals surface area contributed by atoms with Crippen LogP contribution in [0.4, 0.5) is 0 Å². The lowest BCUT2D eigenvalue weighted by Crippen LogP contribution is -2.43. The first-order chi connectivity index (χ1) is 8.63. The van der Waals surface area contributed by atoms with Crippen LogP contribution in [0.25, 0.3) is 0 Å². The maximum atomic E-state index is 9.97. The predicted octanol–water partition coefficient (Wildman–Crippen LogP) is 1.42. The molecule has 100 valence electrons. The molecule has 2 rings (SSSR count). The van der Waals surface area contributed by atoms with Crippen LogP contribution in [-0.4, -0.2) is 43.3 Å². The second kappa shape index (κ2) is 5.59. The van der Waals surface area contributed by atoms with Gasteiger partial charge in [-0.3, -0.25) is 4.90 Å². The highest BCUT2D eigenvalue weighted by Gasteiger charge is 2.16. The smallest absolute Gasteiger partial charge is 0.163 e. The van der Waals surface area contributed by atoms with Gasteiger partial charge in [-0.2, -0.15) is 0 Å². The van der Waals surface area contributed by atoms with Crippen LogP contribution < -0.4 is 10.1 Å². The van der Waals surface area contributed by atoms with Gasteiger partial charge >= 0.3 is 0 Å². The first-order valence-electron chi connectivity index (χ1n) is 6.42. The van der Waals surface area contributed by atoms with Crippen LogP contribution in [0.3, 0.4) is 0 Å². The van der Waals surface area contributed by atoms with Gasteiger partial charge in [-0.05, 0) is 36.6 Å². The Morgan fingerprint density at radius 3 is 2.56 bits per heavy atom. The summed E-state index contributed by atoms with van der Waals surface area (Å²) in [5, 5.41) is 13.3. The van der Waals surface area contributed by atoms with E-state index in [0.717, 1.165) is 38.3 Å². The topological polar surface area (TPSA) is 44.7 Å². The number of piperazine rings is 1. The minimum absolute atomic E-state index is 0.241. The minimum atomic E-state index is 0.241.